The van der Waals surface area contributed by atoms with Crippen molar-refractivity contribution in [3.63, 3.8) is 0 Å². The molecule has 22 heavy (non-hydrogen) atoms. The second-order valence-electron chi connectivity index (χ2n) is 5.09. The second kappa shape index (κ2) is 6.23. The van der Waals surface area contributed by atoms with Crippen LogP contribution >= 0.6 is 11.3 Å². The molecule has 0 aliphatic rings. The van der Waals surface area contributed by atoms with E-state index in [1.165, 1.54) is 6.07 Å². The SMILES string of the molecule is Cc1ccc(NC(=O)CCc2nc3ccccc3s2)cc1F. The summed E-state index contributed by atoms with van der Waals surface area (Å²) in [5, 5.41) is 3.65. The molecule has 112 valence electrons. The van der Waals surface area contributed by atoms with Crippen molar-refractivity contribution in [3.8, 4) is 0 Å². The molecular formula is C17H15FN2OS. The van der Waals surface area contributed by atoms with E-state index in [-0.39, 0.29) is 11.7 Å². The van der Waals surface area contributed by atoms with Crippen LogP contribution in [-0.4, -0.2) is 10.9 Å². The van der Waals surface area contributed by atoms with Crippen molar-refractivity contribution in [3.05, 3.63) is 58.9 Å². The Kier molecular flexibility index (Phi) is 4.15. The number of nitrogens with zero attached hydrogens (tertiary/aromatic N) is 1. The van der Waals surface area contributed by atoms with Crippen molar-refractivity contribution < 1.29 is 9.18 Å². The number of aromatic nitrogens is 1. The fourth-order valence-corrected chi connectivity index (χ4v) is 3.11. The third-order valence-corrected chi connectivity index (χ3v) is 4.46. The van der Waals surface area contributed by atoms with Gasteiger partial charge in [-0.3, -0.25) is 4.79 Å². The van der Waals surface area contributed by atoms with Crippen LogP contribution in [0.15, 0.2) is 42.5 Å². The number of benzene rings is 2. The highest BCUT2D eigenvalue weighted by Gasteiger charge is 2.08. The summed E-state index contributed by atoms with van der Waals surface area (Å²) in [5.41, 5.74) is 2.01. The van der Waals surface area contributed by atoms with Gasteiger partial charge in [0, 0.05) is 18.5 Å². The lowest BCUT2D eigenvalue weighted by atomic mass is 10.2. The minimum Gasteiger partial charge on any atom is -0.326 e. The zero-order valence-corrected chi connectivity index (χ0v) is 12.9. The van der Waals surface area contributed by atoms with E-state index in [0.29, 0.717) is 24.1 Å². The molecule has 1 N–H and O–H groups in total. The first kappa shape index (κ1) is 14.7. The Labute approximate surface area is 131 Å². The van der Waals surface area contributed by atoms with Crippen molar-refractivity contribution >= 4 is 33.1 Å². The first-order chi connectivity index (χ1) is 10.6. The first-order valence-electron chi connectivity index (χ1n) is 7.02. The van der Waals surface area contributed by atoms with E-state index in [0.717, 1.165) is 15.2 Å². The Bertz CT molecular complexity index is 795. The van der Waals surface area contributed by atoms with E-state index in [1.807, 2.05) is 24.3 Å². The summed E-state index contributed by atoms with van der Waals surface area (Å²) in [6.07, 6.45) is 0.912. The molecule has 1 amide bonds. The van der Waals surface area contributed by atoms with Crippen LogP contribution in [0.4, 0.5) is 10.1 Å². The Morgan fingerprint density at radius 1 is 1.27 bits per heavy atom. The highest BCUT2D eigenvalue weighted by molar-refractivity contribution is 7.18. The fraction of sp³-hybridized carbons (Fsp3) is 0.176. The molecule has 3 aromatic rings. The maximum Gasteiger partial charge on any atom is 0.224 e. The van der Waals surface area contributed by atoms with Crippen LogP contribution in [0.5, 0.6) is 0 Å². The first-order valence-corrected chi connectivity index (χ1v) is 7.84. The number of fused-ring (bicyclic) bond motifs is 1. The van der Waals surface area contributed by atoms with Gasteiger partial charge in [-0.05, 0) is 36.8 Å². The van der Waals surface area contributed by atoms with Crippen molar-refractivity contribution in [1.29, 1.82) is 0 Å². The number of hydrogen-bond acceptors (Lipinski definition) is 3. The lowest BCUT2D eigenvalue weighted by Gasteiger charge is -2.05. The molecule has 0 fully saturated rings. The Morgan fingerprint density at radius 3 is 2.86 bits per heavy atom. The van der Waals surface area contributed by atoms with E-state index in [2.05, 4.69) is 10.3 Å². The van der Waals surface area contributed by atoms with Gasteiger partial charge in [-0.1, -0.05) is 18.2 Å². The molecule has 0 saturated heterocycles. The molecule has 0 unspecified atom stereocenters. The zero-order chi connectivity index (χ0) is 15.5. The van der Waals surface area contributed by atoms with Crippen LogP contribution in [0.25, 0.3) is 10.2 Å². The largest absolute Gasteiger partial charge is 0.326 e. The van der Waals surface area contributed by atoms with E-state index in [1.54, 1.807) is 30.4 Å². The number of rotatable bonds is 4. The molecule has 1 aromatic heterocycles. The molecule has 0 spiro atoms. The van der Waals surface area contributed by atoms with Crippen LogP contribution in [0.1, 0.15) is 17.0 Å². The lowest BCUT2D eigenvalue weighted by molar-refractivity contribution is -0.116. The van der Waals surface area contributed by atoms with Gasteiger partial charge in [0.2, 0.25) is 5.91 Å². The summed E-state index contributed by atoms with van der Waals surface area (Å²) in [5.74, 6) is -0.452. The Balaban J connectivity index is 1.60. The van der Waals surface area contributed by atoms with Crippen molar-refractivity contribution in [2.24, 2.45) is 0 Å². The number of amides is 1. The van der Waals surface area contributed by atoms with Gasteiger partial charge in [-0.15, -0.1) is 11.3 Å². The van der Waals surface area contributed by atoms with E-state index < -0.39 is 0 Å². The molecule has 0 saturated carbocycles. The molecular weight excluding hydrogens is 299 g/mol. The summed E-state index contributed by atoms with van der Waals surface area (Å²) in [4.78, 5) is 16.4. The van der Waals surface area contributed by atoms with Gasteiger partial charge in [0.05, 0.1) is 15.2 Å². The number of para-hydroxylation sites is 1. The number of aryl methyl sites for hydroxylation is 2. The molecule has 3 nitrogen and oxygen atoms in total. The Morgan fingerprint density at radius 2 is 2.09 bits per heavy atom. The molecule has 0 bridgehead atoms. The Hall–Kier alpha value is -2.27. The van der Waals surface area contributed by atoms with Gasteiger partial charge in [0.25, 0.3) is 0 Å². The number of nitrogens with one attached hydrogen (secondary N) is 1. The topological polar surface area (TPSA) is 42.0 Å². The molecule has 0 atom stereocenters. The fourth-order valence-electron chi connectivity index (χ4n) is 2.14. The third-order valence-electron chi connectivity index (χ3n) is 3.36. The number of halogens is 1. The highest BCUT2D eigenvalue weighted by Crippen LogP contribution is 2.22. The predicted molar refractivity (Wildman–Crippen MR) is 87.7 cm³/mol. The zero-order valence-electron chi connectivity index (χ0n) is 12.1. The van der Waals surface area contributed by atoms with Gasteiger partial charge in [-0.25, -0.2) is 9.37 Å². The maximum absolute atomic E-state index is 13.4. The number of anilines is 1. The van der Waals surface area contributed by atoms with Crippen LogP contribution in [0, 0.1) is 12.7 Å². The van der Waals surface area contributed by atoms with Gasteiger partial charge >= 0.3 is 0 Å². The average molecular weight is 314 g/mol. The maximum atomic E-state index is 13.4. The van der Waals surface area contributed by atoms with Crippen LogP contribution in [0.2, 0.25) is 0 Å². The summed E-state index contributed by atoms with van der Waals surface area (Å²) in [6.45, 7) is 1.69. The number of carbonyl (C=O) groups excluding carboxylic acids is 1. The average Bonchev–Trinajstić information content (AvgIpc) is 2.92. The standard InChI is InChI=1S/C17H15FN2OS/c1-11-6-7-12(10-13(11)18)19-16(21)8-9-17-20-14-4-2-3-5-15(14)22-17/h2-7,10H,8-9H2,1H3,(H,19,21). The monoisotopic (exact) mass is 314 g/mol. The molecule has 0 aliphatic heterocycles. The molecule has 0 radical (unpaired) electrons. The molecule has 5 heteroatoms. The van der Waals surface area contributed by atoms with E-state index >= 15 is 0 Å². The quantitative estimate of drug-likeness (QED) is 0.779. The number of hydrogen-bond donors (Lipinski definition) is 1. The van der Waals surface area contributed by atoms with Crippen LogP contribution in [0.3, 0.4) is 0 Å². The molecule has 2 aromatic carbocycles. The van der Waals surface area contributed by atoms with Crippen LogP contribution in [-0.2, 0) is 11.2 Å². The lowest BCUT2D eigenvalue weighted by Crippen LogP contribution is -2.12. The number of thiazole rings is 1. The van der Waals surface area contributed by atoms with Gasteiger partial charge in [-0.2, -0.15) is 0 Å². The van der Waals surface area contributed by atoms with Gasteiger partial charge < -0.3 is 5.32 Å². The second-order valence-corrected chi connectivity index (χ2v) is 6.20. The summed E-state index contributed by atoms with van der Waals surface area (Å²) >= 11 is 1.60. The minimum atomic E-state index is -0.316. The van der Waals surface area contributed by atoms with Crippen molar-refractivity contribution in [2.45, 2.75) is 19.8 Å². The summed E-state index contributed by atoms with van der Waals surface area (Å²) in [6, 6.07) is 12.6. The molecule has 3 rings (SSSR count). The van der Waals surface area contributed by atoms with Gasteiger partial charge in [0.1, 0.15) is 5.82 Å². The summed E-state index contributed by atoms with van der Waals surface area (Å²) in [7, 11) is 0. The normalized spacial score (nSPS) is 10.8. The predicted octanol–water partition coefficient (Wildman–Crippen LogP) is 4.32. The minimum absolute atomic E-state index is 0.137. The van der Waals surface area contributed by atoms with Crippen molar-refractivity contribution in [1.82, 2.24) is 4.98 Å². The molecule has 1 heterocycles. The third kappa shape index (κ3) is 3.31. The van der Waals surface area contributed by atoms with Crippen LogP contribution < -0.4 is 5.32 Å². The van der Waals surface area contributed by atoms with Crippen molar-refractivity contribution in [2.75, 3.05) is 5.32 Å². The highest BCUT2D eigenvalue weighted by atomic mass is 32.1. The number of carbonyl (C=O) groups is 1. The smallest absolute Gasteiger partial charge is 0.224 e. The van der Waals surface area contributed by atoms with E-state index in [4.69, 9.17) is 0 Å². The van der Waals surface area contributed by atoms with E-state index in [9.17, 15) is 9.18 Å². The molecule has 0 aliphatic carbocycles. The summed E-state index contributed by atoms with van der Waals surface area (Å²) < 4.78 is 14.6. The van der Waals surface area contributed by atoms with Gasteiger partial charge in [0.15, 0.2) is 0 Å².